The number of methoxy groups -OCH3 is 2. The van der Waals surface area contributed by atoms with Gasteiger partial charge in [-0.05, 0) is 43.0 Å². The molecule has 3 rings (SSSR count). The van der Waals surface area contributed by atoms with Crippen molar-refractivity contribution >= 4 is 11.8 Å². The normalized spacial score (nSPS) is 14.1. The van der Waals surface area contributed by atoms with Gasteiger partial charge >= 0.3 is 0 Å². The number of hydrogen-bond donors (Lipinski definition) is 2. The summed E-state index contributed by atoms with van der Waals surface area (Å²) in [6.45, 7) is 0.815. The summed E-state index contributed by atoms with van der Waals surface area (Å²) < 4.78 is 10.5. The van der Waals surface area contributed by atoms with Crippen molar-refractivity contribution in [2.45, 2.75) is 25.8 Å². The molecule has 0 radical (unpaired) electrons. The van der Waals surface area contributed by atoms with Crippen LogP contribution in [0.15, 0.2) is 48.5 Å². The molecule has 0 saturated heterocycles. The molecule has 0 bridgehead atoms. The molecule has 1 aliphatic rings. The van der Waals surface area contributed by atoms with E-state index in [1.807, 2.05) is 48.5 Å². The number of rotatable bonds is 9. The number of nitrogens with one attached hydrogen (secondary N) is 2. The molecule has 0 aromatic heterocycles. The second kappa shape index (κ2) is 8.78. The van der Waals surface area contributed by atoms with Crippen LogP contribution in [0, 0.1) is 5.41 Å². The Morgan fingerprint density at radius 3 is 2.43 bits per heavy atom. The second-order valence-electron chi connectivity index (χ2n) is 6.93. The standard InChI is InChI=1S/C22H26N2O4/c1-27-18-8-5-6-16(14-18)10-13-23-20(25)22(11-12-22)21(26)24-15-17-7-3-4-9-19(17)28-2/h3-9,14H,10-13,15H2,1-2H3,(H,23,25)(H,24,26). The third kappa shape index (κ3) is 4.44. The molecule has 0 aliphatic heterocycles. The number of hydrogen-bond acceptors (Lipinski definition) is 4. The Hall–Kier alpha value is -3.02. The predicted octanol–water partition coefficient (Wildman–Crippen LogP) is 2.46. The van der Waals surface area contributed by atoms with Gasteiger partial charge in [-0.15, -0.1) is 0 Å². The highest BCUT2D eigenvalue weighted by Gasteiger charge is 2.56. The molecule has 2 aromatic carbocycles. The van der Waals surface area contributed by atoms with Gasteiger partial charge in [0.15, 0.2) is 0 Å². The highest BCUT2D eigenvalue weighted by atomic mass is 16.5. The predicted molar refractivity (Wildman–Crippen MR) is 106 cm³/mol. The van der Waals surface area contributed by atoms with Crippen LogP contribution in [0.4, 0.5) is 0 Å². The van der Waals surface area contributed by atoms with Crippen molar-refractivity contribution in [3.8, 4) is 11.5 Å². The van der Waals surface area contributed by atoms with E-state index >= 15 is 0 Å². The van der Waals surface area contributed by atoms with Crippen LogP contribution in [-0.2, 0) is 22.6 Å². The fourth-order valence-electron chi connectivity index (χ4n) is 3.19. The van der Waals surface area contributed by atoms with Crippen LogP contribution in [-0.4, -0.2) is 32.6 Å². The van der Waals surface area contributed by atoms with E-state index in [1.54, 1.807) is 14.2 Å². The molecule has 2 aromatic rings. The molecule has 1 fully saturated rings. The molecule has 2 N–H and O–H groups in total. The first-order chi connectivity index (χ1) is 13.6. The van der Waals surface area contributed by atoms with Gasteiger partial charge < -0.3 is 20.1 Å². The van der Waals surface area contributed by atoms with Crippen molar-refractivity contribution in [1.29, 1.82) is 0 Å². The van der Waals surface area contributed by atoms with E-state index < -0.39 is 5.41 Å². The summed E-state index contributed by atoms with van der Waals surface area (Å²) in [5, 5.41) is 5.79. The minimum Gasteiger partial charge on any atom is -0.497 e. The fourth-order valence-corrected chi connectivity index (χ4v) is 3.19. The lowest BCUT2D eigenvalue weighted by Gasteiger charge is -2.16. The topological polar surface area (TPSA) is 76.7 Å². The molecular weight excluding hydrogens is 356 g/mol. The Morgan fingerprint density at radius 1 is 0.964 bits per heavy atom. The molecule has 148 valence electrons. The third-order valence-electron chi connectivity index (χ3n) is 5.08. The third-order valence-corrected chi connectivity index (χ3v) is 5.08. The van der Waals surface area contributed by atoms with E-state index in [2.05, 4.69) is 10.6 Å². The van der Waals surface area contributed by atoms with Gasteiger partial charge in [0.2, 0.25) is 11.8 Å². The van der Waals surface area contributed by atoms with Crippen LogP contribution >= 0.6 is 0 Å². The maximum Gasteiger partial charge on any atom is 0.235 e. The van der Waals surface area contributed by atoms with Gasteiger partial charge in [0.1, 0.15) is 16.9 Å². The number of benzene rings is 2. The Morgan fingerprint density at radius 2 is 1.71 bits per heavy atom. The molecule has 2 amide bonds. The van der Waals surface area contributed by atoms with Gasteiger partial charge in [-0.2, -0.15) is 0 Å². The first-order valence-electron chi connectivity index (χ1n) is 9.40. The molecule has 0 unspecified atom stereocenters. The second-order valence-corrected chi connectivity index (χ2v) is 6.93. The summed E-state index contributed by atoms with van der Waals surface area (Å²) in [5.74, 6) is 1.08. The van der Waals surface area contributed by atoms with Gasteiger partial charge in [0, 0.05) is 18.7 Å². The SMILES string of the molecule is COc1cccc(CCNC(=O)C2(C(=O)NCc3ccccc3OC)CC2)c1. The van der Waals surface area contributed by atoms with Gasteiger partial charge in [0.25, 0.3) is 0 Å². The maximum atomic E-state index is 12.6. The quantitative estimate of drug-likeness (QED) is 0.653. The Bertz CT molecular complexity index is 846. The average Bonchev–Trinajstić information content (AvgIpc) is 3.54. The minimum absolute atomic E-state index is 0.201. The monoisotopic (exact) mass is 382 g/mol. The lowest BCUT2D eigenvalue weighted by molar-refractivity contribution is -0.137. The number of carbonyl (C=O) groups excluding carboxylic acids is 2. The number of amides is 2. The van der Waals surface area contributed by atoms with Crippen LogP contribution in [0.2, 0.25) is 0 Å². The molecule has 0 heterocycles. The van der Waals surface area contributed by atoms with Crippen LogP contribution < -0.4 is 20.1 Å². The van der Waals surface area contributed by atoms with Crippen molar-refractivity contribution in [2.24, 2.45) is 5.41 Å². The number of ether oxygens (including phenoxy) is 2. The summed E-state index contributed by atoms with van der Waals surface area (Å²) in [4.78, 5) is 25.2. The van der Waals surface area contributed by atoms with Gasteiger partial charge in [-0.3, -0.25) is 9.59 Å². The number of carbonyl (C=O) groups is 2. The highest BCUT2D eigenvalue weighted by Crippen LogP contribution is 2.46. The fraction of sp³-hybridized carbons (Fsp3) is 0.364. The molecule has 0 spiro atoms. The minimum atomic E-state index is -0.934. The zero-order chi connectivity index (χ0) is 20.0. The summed E-state index contributed by atoms with van der Waals surface area (Å²) in [7, 11) is 3.22. The molecule has 28 heavy (non-hydrogen) atoms. The Kier molecular flexibility index (Phi) is 6.19. The summed E-state index contributed by atoms with van der Waals surface area (Å²) in [6.07, 6.45) is 1.84. The van der Waals surface area contributed by atoms with Crippen LogP contribution in [0.3, 0.4) is 0 Å². The zero-order valence-electron chi connectivity index (χ0n) is 16.3. The number of para-hydroxylation sites is 1. The lowest BCUT2D eigenvalue weighted by atomic mass is 10.0. The van der Waals surface area contributed by atoms with E-state index in [4.69, 9.17) is 9.47 Å². The van der Waals surface area contributed by atoms with Gasteiger partial charge in [-0.1, -0.05) is 30.3 Å². The Balaban J connectivity index is 1.50. The van der Waals surface area contributed by atoms with Crippen LogP contribution in [0.25, 0.3) is 0 Å². The van der Waals surface area contributed by atoms with Crippen molar-refractivity contribution in [2.75, 3.05) is 20.8 Å². The van der Waals surface area contributed by atoms with Gasteiger partial charge in [-0.25, -0.2) is 0 Å². The smallest absolute Gasteiger partial charge is 0.235 e. The van der Waals surface area contributed by atoms with E-state index in [-0.39, 0.29) is 11.8 Å². The van der Waals surface area contributed by atoms with E-state index in [9.17, 15) is 9.59 Å². The largest absolute Gasteiger partial charge is 0.497 e. The van der Waals surface area contributed by atoms with Crippen LogP contribution in [0.5, 0.6) is 11.5 Å². The van der Waals surface area contributed by atoms with Gasteiger partial charge in [0.05, 0.1) is 14.2 Å². The van der Waals surface area contributed by atoms with Crippen LogP contribution in [0.1, 0.15) is 24.0 Å². The molecule has 1 aliphatic carbocycles. The van der Waals surface area contributed by atoms with E-state index in [1.165, 1.54) is 0 Å². The van der Waals surface area contributed by atoms with Crippen molar-refractivity contribution in [3.05, 3.63) is 59.7 Å². The summed E-state index contributed by atoms with van der Waals surface area (Å²) in [5.41, 5.74) is 1.02. The summed E-state index contributed by atoms with van der Waals surface area (Å²) in [6, 6.07) is 15.2. The van der Waals surface area contributed by atoms with Crippen molar-refractivity contribution < 1.29 is 19.1 Å². The average molecular weight is 382 g/mol. The Labute approximate surface area is 165 Å². The van der Waals surface area contributed by atoms with Crippen molar-refractivity contribution in [1.82, 2.24) is 10.6 Å². The highest BCUT2D eigenvalue weighted by molar-refractivity contribution is 6.07. The molecule has 1 saturated carbocycles. The first-order valence-corrected chi connectivity index (χ1v) is 9.40. The molecule has 6 heteroatoms. The summed E-state index contributed by atoms with van der Waals surface area (Å²) >= 11 is 0. The van der Waals surface area contributed by atoms with Crippen molar-refractivity contribution in [3.63, 3.8) is 0 Å². The first kappa shape index (κ1) is 19.7. The lowest BCUT2D eigenvalue weighted by Crippen LogP contribution is -2.43. The van der Waals surface area contributed by atoms with E-state index in [0.29, 0.717) is 32.4 Å². The molecule has 6 nitrogen and oxygen atoms in total. The molecular formula is C22H26N2O4. The molecule has 0 atom stereocenters. The van der Waals surface area contributed by atoms with E-state index in [0.717, 1.165) is 22.6 Å². The maximum absolute atomic E-state index is 12.6. The zero-order valence-corrected chi connectivity index (χ0v) is 16.3.